The van der Waals surface area contributed by atoms with E-state index in [1.807, 2.05) is 6.92 Å². The second-order valence-corrected chi connectivity index (χ2v) is 3.17. The Morgan fingerprint density at radius 1 is 1.29 bits per heavy atom. The van der Waals surface area contributed by atoms with Gasteiger partial charge < -0.3 is 5.73 Å². The average molecular weight is 203 g/mol. The number of nitrogens with two attached hydrogens (primary N) is 1. The van der Waals surface area contributed by atoms with Crippen molar-refractivity contribution in [3.8, 4) is 0 Å². The molecule has 0 spiro atoms. The van der Waals surface area contributed by atoms with E-state index in [9.17, 15) is 13.2 Å². The topological polar surface area (TPSA) is 26.0 Å². The molecule has 1 nitrogen and oxygen atoms in total. The molecule has 1 rings (SSSR count). The van der Waals surface area contributed by atoms with Crippen LogP contribution >= 0.6 is 0 Å². The van der Waals surface area contributed by atoms with E-state index in [0.717, 1.165) is 24.5 Å². The first kappa shape index (κ1) is 10.9. The molecular weight excluding hydrogens is 191 g/mol. The third-order valence-corrected chi connectivity index (χ3v) is 1.96. The first-order chi connectivity index (χ1) is 6.45. The Bertz CT molecular complexity index is 318. The predicted molar refractivity (Wildman–Crippen MR) is 49.9 cm³/mol. The van der Waals surface area contributed by atoms with E-state index in [-0.39, 0.29) is 5.69 Å². The van der Waals surface area contributed by atoms with Crippen molar-refractivity contribution in [3.05, 3.63) is 29.3 Å². The summed E-state index contributed by atoms with van der Waals surface area (Å²) in [5.74, 6) is 0. The quantitative estimate of drug-likeness (QED) is 0.733. The maximum Gasteiger partial charge on any atom is 0.418 e. The number of alkyl halides is 3. The Hall–Kier alpha value is -1.19. The molecule has 4 heteroatoms. The van der Waals surface area contributed by atoms with Crippen LogP contribution in [-0.4, -0.2) is 0 Å². The molecule has 0 aliphatic heterocycles. The van der Waals surface area contributed by atoms with Crippen LogP contribution in [0.5, 0.6) is 0 Å². The third kappa shape index (κ3) is 2.40. The van der Waals surface area contributed by atoms with Gasteiger partial charge in [-0.15, -0.1) is 0 Å². The standard InChI is InChI=1S/C10H12F3N/c1-2-3-7-4-5-8(9(14)6-7)10(11,12)13/h4-6H,2-3,14H2,1H3. The molecule has 0 atom stereocenters. The molecule has 1 aromatic rings. The Balaban J connectivity index is 3.02. The number of nitrogen functional groups attached to an aromatic ring is 1. The molecule has 0 saturated carbocycles. The molecule has 0 aliphatic carbocycles. The van der Waals surface area contributed by atoms with E-state index in [2.05, 4.69) is 0 Å². The lowest BCUT2D eigenvalue weighted by molar-refractivity contribution is -0.136. The lowest BCUT2D eigenvalue weighted by Crippen LogP contribution is -2.09. The Labute approximate surface area is 80.7 Å². The molecule has 0 radical (unpaired) electrons. The van der Waals surface area contributed by atoms with E-state index in [1.54, 1.807) is 0 Å². The molecule has 0 amide bonds. The van der Waals surface area contributed by atoms with Gasteiger partial charge >= 0.3 is 6.18 Å². The van der Waals surface area contributed by atoms with Crippen molar-refractivity contribution in [1.82, 2.24) is 0 Å². The van der Waals surface area contributed by atoms with Crippen LogP contribution in [0.4, 0.5) is 18.9 Å². The maximum absolute atomic E-state index is 12.3. The third-order valence-electron chi connectivity index (χ3n) is 1.96. The van der Waals surface area contributed by atoms with E-state index < -0.39 is 11.7 Å². The minimum atomic E-state index is -4.35. The fraction of sp³-hybridized carbons (Fsp3) is 0.400. The van der Waals surface area contributed by atoms with Gasteiger partial charge in [-0.05, 0) is 24.1 Å². The summed E-state index contributed by atoms with van der Waals surface area (Å²) in [6.45, 7) is 1.97. The molecule has 1 aromatic carbocycles. The number of hydrogen-bond donors (Lipinski definition) is 1. The summed E-state index contributed by atoms with van der Waals surface area (Å²) in [5, 5.41) is 0. The van der Waals surface area contributed by atoms with Crippen LogP contribution in [0.3, 0.4) is 0 Å². The van der Waals surface area contributed by atoms with Gasteiger partial charge in [0.1, 0.15) is 0 Å². The van der Waals surface area contributed by atoms with Gasteiger partial charge in [-0.25, -0.2) is 0 Å². The van der Waals surface area contributed by atoms with Crippen LogP contribution in [0, 0.1) is 0 Å². The number of hydrogen-bond acceptors (Lipinski definition) is 1. The molecule has 14 heavy (non-hydrogen) atoms. The average Bonchev–Trinajstić information content (AvgIpc) is 2.02. The molecule has 0 aromatic heterocycles. The van der Waals surface area contributed by atoms with Crippen LogP contribution in [0.25, 0.3) is 0 Å². The SMILES string of the molecule is CCCc1ccc(C(F)(F)F)c(N)c1. The molecule has 0 unspecified atom stereocenters. The smallest absolute Gasteiger partial charge is 0.398 e. The highest BCUT2D eigenvalue weighted by Crippen LogP contribution is 2.33. The van der Waals surface area contributed by atoms with Gasteiger partial charge in [-0.2, -0.15) is 13.2 Å². The largest absolute Gasteiger partial charge is 0.418 e. The number of anilines is 1. The fourth-order valence-electron chi connectivity index (χ4n) is 1.31. The zero-order chi connectivity index (χ0) is 10.8. The lowest BCUT2D eigenvalue weighted by atomic mass is 10.1. The predicted octanol–water partition coefficient (Wildman–Crippen LogP) is 3.24. The second-order valence-electron chi connectivity index (χ2n) is 3.17. The molecule has 0 bridgehead atoms. The fourth-order valence-corrected chi connectivity index (χ4v) is 1.31. The highest BCUT2D eigenvalue weighted by molar-refractivity contribution is 5.50. The Morgan fingerprint density at radius 2 is 1.93 bits per heavy atom. The normalized spacial score (nSPS) is 11.7. The zero-order valence-electron chi connectivity index (χ0n) is 7.86. The summed E-state index contributed by atoms with van der Waals surface area (Å²) in [7, 11) is 0. The van der Waals surface area contributed by atoms with Gasteiger partial charge in [-0.1, -0.05) is 19.4 Å². The van der Waals surface area contributed by atoms with Crippen molar-refractivity contribution in [3.63, 3.8) is 0 Å². The molecule has 2 N–H and O–H groups in total. The number of rotatable bonds is 2. The Morgan fingerprint density at radius 3 is 2.36 bits per heavy atom. The van der Waals surface area contributed by atoms with Crippen molar-refractivity contribution in [2.24, 2.45) is 0 Å². The van der Waals surface area contributed by atoms with Crippen molar-refractivity contribution >= 4 is 5.69 Å². The van der Waals surface area contributed by atoms with Crippen molar-refractivity contribution in [2.45, 2.75) is 25.9 Å². The lowest BCUT2D eigenvalue weighted by Gasteiger charge is -2.10. The van der Waals surface area contributed by atoms with Crippen molar-refractivity contribution in [1.29, 1.82) is 0 Å². The summed E-state index contributed by atoms with van der Waals surface area (Å²) in [6.07, 6.45) is -2.71. The number of benzene rings is 1. The van der Waals surface area contributed by atoms with Crippen molar-refractivity contribution < 1.29 is 13.2 Å². The molecule has 0 aliphatic rings. The van der Waals surface area contributed by atoms with E-state index in [1.165, 1.54) is 12.1 Å². The highest BCUT2D eigenvalue weighted by atomic mass is 19.4. The number of halogens is 3. The first-order valence-electron chi connectivity index (χ1n) is 4.40. The van der Waals surface area contributed by atoms with Crippen LogP contribution in [0.1, 0.15) is 24.5 Å². The zero-order valence-corrected chi connectivity index (χ0v) is 7.86. The monoisotopic (exact) mass is 203 g/mol. The van der Waals surface area contributed by atoms with Gasteiger partial charge in [0.2, 0.25) is 0 Å². The van der Waals surface area contributed by atoms with E-state index >= 15 is 0 Å². The summed E-state index contributed by atoms with van der Waals surface area (Å²) in [4.78, 5) is 0. The van der Waals surface area contributed by atoms with Gasteiger partial charge in [-0.3, -0.25) is 0 Å². The first-order valence-corrected chi connectivity index (χ1v) is 4.40. The summed E-state index contributed by atoms with van der Waals surface area (Å²) < 4.78 is 36.9. The van der Waals surface area contributed by atoms with E-state index in [0.29, 0.717) is 0 Å². The maximum atomic E-state index is 12.3. The van der Waals surface area contributed by atoms with E-state index in [4.69, 9.17) is 5.73 Å². The number of aryl methyl sites for hydroxylation is 1. The van der Waals surface area contributed by atoms with Crippen LogP contribution in [0.15, 0.2) is 18.2 Å². The van der Waals surface area contributed by atoms with Crippen LogP contribution < -0.4 is 5.73 Å². The minimum Gasteiger partial charge on any atom is -0.398 e. The van der Waals surface area contributed by atoms with Gasteiger partial charge in [0, 0.05) is 5.69 Å². The molecule has 0 fully saturated rings. The Kier molecular flexibility index (Phi) is 3.03. The van der Waals surface area contributed by atoms with Gasteiger partial charge in [0.25, 0.3) is 0 Å². The molecule has 0 saturated heterocycles. The summed E-state index contributed by atoms with van der Waals surface area (Å²) >= 11 is 0. The van der Waals surface area contributed by atoms with Gasteiger partial charge in [0.15, 0.2) is 0 Å². The minimum absolute atomic E-state index is 0.191. The summed E-state index contributed by atoms with van der Waals surface area (Å²) in [5.41, 5.74) is 5.22. The van der Waals surface area contributed by atoms with Crippen LogP contribution in [0.2, 0.25) is 0 Å². The van der Waals surface area contributed by atoms with Gasteiger partial charge in [0.05, 0.1) is 5.56 Å². The molecular formula is C10H12F3N. The van der Waals surface area contributed by atoms with Crippen LogP contribution in [-0.2, 0) is 12.6 Å². The van der Waals surface area contributed by atoms with Crippen molar-refractivity contribution in [2.75, 3.05) is 5.73 Å². The highest BCUT2D eigenvalue weighted by Gasteiger charge is 2.32. The molecule has 0 heterocycles. The second kappa shape index (κ2) is 3.90. The molecule has 78 valence electrons. The summed E-state index contributed by atoms with van der Waals surface area (Å²) in [6, 6.07) is 3.91.